The lowest BCUT2D eigenvalue weighted by Gasteiger charge is -2.08. The van der Waals surface area contributed by atoms with Crippen molar-refractivity contribution in [2.75, 3.05) is 5.73 Å². The molecule has 0 aliphatic heterocycles. The molecule has 0 unspecified atom stereocenters. The fraction of sp³-hybridized carbons (Fsp3) is 0.235. The van der Waals surface area contributed by atoms with E-state index in [4.69, 9.17) is 17.3 Å². The van der Waals surface area contributed by atoms with Crippen LogP contribution in [0, 0.1) is 0 Å². The minimum Gasteiger partial charge on any atom is -0.398 e. The van der Waals surface area contributed by atoms with Gasteiger partial charge in [0.15, 0.2) is 5.78 Å². The molecule has 0 atom stereocenters. The van der Waals surface area contributed by atoms with E-state index in [2.05, 4.69) is 26.0 Å². The summed E-state index contributed by atoms with van der Waals surface area (Å²) >= 11 is 5.84. The molecule has 0 amide bonds. The van der Waals surface area contributed by atoms with Gasteiger partial charge in [0.25, 0.3) is 0 Å². The summed E-state index contributed by atoms with van der Waals surface area (Å²) in [6, 6.07) is 13.1. The maximum atomic E-state index is 12.2. The zero-order chi connectivity index (χ0) is 14.7. The van der Waals surface area contributed by atoms with Crippen LogP contribution in [-0.4, -0.2) is 5.78 Å². The van der Waals surface area contributed by atoms with Crippen LogP contribution >= 0.6 is 11.6 Å². The summed E-state index contributed by atoms with van der Waals surface area (Å²) < 4.78 is 0. The van der Waals surface area contributed by atoms with Crippen LogP contribution in [0.25, 0.3) is 0 Å². The molecule has 0 saturated heterocycles. The Hall–Kier alpha value is -1.80. The number of ketones is 1. The first-order valence-electron chi connectivity index (χ1n) is 6.64. The highest BCUT2D eigenvalue weighted by molar-refractivity contribution is 6.31. The lowest BCUT2D eigenvalue weighted by Crippen LogP contribution is -2.07. The Balaban J connectivity index is 2.15. The summed E-state index contributed by atoms with van der Waals surface area (Å²) in [7, 11) is 0. The molecule has 2 nitrogen and oxygen atoms in total. The van der Waals surface area contributed by atoms with Gasteiger partial charge in [-0.2, -0.15) is 0 Å². The van der Waals surface area contributed by atoms with Gasteiger partial charge in [0.2, 0.25) is 0 Å². The molecule has 0 saturated carbocycles. The molecule has 2 N–H and O–H groups in total. The third kappa shape index (κ3) is 3.40. The second-order valence-electron chi connectivity index (χ2n) is 5.23. The van der Waals surface area contributed by atoms with E-state index in [0.717, 1.165) is 5.56 Å². The van der Waals surface area contributed by atoms with Crippen molar-refractivity contribution < 1.29 is 4.79 Å². The van der Waals surface area contributed by atoms with Crippen molar-refractivity contribution in [3.63, 3.8) is 0 Å². The van der Waals surface area contributed by atoms with Crippen LogP contribution in [0.4, 0.5) is 5.69 Å². The second kappa shape index (κ2) is 6.10. The Kier molecular flexibility index (Phi) is 4.46. The predicted octanol–water partition coefficient (Wildman–Crippen LogP) is 4.47. The fourth-order valence-electron chi connectivity index (χ4n) is 2.09. The number of anilines is 1. The average Bonchev–Trinajstić information content (AvgIpc) is 2.39. The van der Waals surface area contributed by atoms with Crippen LogP contribution in [0.3, 0.4) is 0 Å². The molecule has 3 heteroatoms. The Bertz CT molecular complexity index is 617. The Morgan fingerprint density at radius 1 is 1.15 bits per heavy atom. The molecule has 2 aromatic rings. The Morgan fingerprint density at radius 3 is 2.35 bits per heavy atom. The quantitative estimate of drug-likeness (QED) is 0.666. The van der Waals surface area contributed by atoms with Crippen LogP contribution in [0.2, 0.25) is 5.02 Å². The van der Waals surface area contributed by atoms with E-state index in [1.807, 2.05) is 12.1 Å². The van der Waals surface area contributed by atoms with Crippen LogP contribution in [-0.2, 0) is 6.42 Å². The van der Waals surface area contributed by atoms with Gasteiger partial charge >= 0.3 is 0 Å². The van der Waals surface area contributed by atoms with Gasteiger partial charge in [0, 0.05) is 22.7 Å². The zero-order valence-electron chi connectivity index (χ0n) is 11.7. The molecule has 104 valence electrons. The molecule has 0 aromatic heterocycles. The highest BCUT2D eigenvalue weighted by Gasteiger charge is 2.11. The van der Waals surface area contributed by atoms with Crippen molar-refractivity contribution >= 4 is 23.1 Å². The highest BCUT2D eigenvalue weighted by atomic mass is 35.5. The minimum absolute atomic E-state index is 0.0106. The van der Waals surface area contributed by atoms with E-state index in [0.29, 0.717) is 28.6 Å². The lowest BCUT2D eigenvalue weighted by molar-refractivity contribution is 0.0994. The first kappa shape index (κ1) is 14.6. The molecular weight excluding hydrogens is 270 g/mol. The maximum absolute atomic E-state index is 12.2. The van der Waals surface area contributed by atoms with Crippen LogP contribution in [0.5, 0.6) is 0 Å². The number of carbonyl (C=O) groups excluding carboxylic acids is 1. The number of Topliss-reactive ketones (excluding diaryl/α,β-unsaturated/α-hetero) is 1. The van der Waals surface area contributed by atoms with E-state index in [1.165, 1.54) is 5.56 Å². The smallest absolute Gasteiger partial charge is 0.169 e. The summed E-state index contributed by atoms with van der Waals surface area (Å²) in [5, 5.41) is 0.542. The maximum Gasteiger partial charge on any atom is 0.169 e. The molecular formula is C17H18ClNO. The van der Waals surface area contributed by atoms with E-state index in [1.54, 1.807) is 18.2 Å². The lowest BCUT2D eigenvalue weighted by atomic mass is 9.98. The summed E-state index contributed by atoms with van der Waals surface area (Å²) in [5.74, 6) is 0.503. The topological polar surface area (TPSA) is 43.1 Å². The Labute approximate surface area is 124 Å². The van der Waals surface area contributed by atoms with Gasteiger partial charge in [0.05, 0.1) is 0 Å². The molecule has 0 aliphatic rings. The van der Waals surface area contributed by atoms with Crippen LogP contribution in [0.1, 0.15) is 41.3 Å². The first-order valence-corrected chi connectivity index (χ1v) is 7.02. The van der Waals surface area contributed by atoms with E-state index in [9.17, 15) is 4.79 Å². The number of nitrogens with two attached hydrogens (primary N) is 1. The number of hydrogen-bond donors (Lipinski definition) is 1. The van der Waals surface area contributed by atoms with Crippen LogP contribution < -0.4 is 5.73 Å². The van der Waals surface area contributed by atoms with E-state index >= 15 is 0 Å². The van der Waals surface area contributed by atoms with Gasteiger partial charge in [-0.25, -0.2) is 0 Å². The molecule has 20 heavy (non-hydrogen) atoms. The molecule has 0 fully saturated rings. The van der Waals surface area contributed by atoms with Gasteiger partial charge in [-0.3, -0.25) is 4.79 Å². The largest absolute Gasteiger partial charge is 0.398 e. The second-order valence-corrected chi connectivity index (χ2v) is 5.66. The normalized spacial score (nSPS) is 10.8. The molecule has 0 aliphatic carbocycles. The standard InChI is InChI=1S/C17H18ClNO/c1-11(2)13-5-3-12(4-6-13)9-17(20)15-8-7-14(18)10-16(15)19/h3-8,10-11H,9,19H2,1-2H3. The number of rotatable bonds is 4. The van der Waals surface area contributed by atoms with Crippen molar-refractivity contribution in [3.05, 3.63) is 64.2 Å². The predicted molar refractivity (Wildman–Crippen MR) is 84.4 cm³/mol. The average molecular weight is 288 g/mol. The molecule has 2 rings (SSSR count). The third-order valence-corrected chi connectivity index (χ3v) is 3.56. The minimum atomic E-state index is 0.0106. The third-order valence-electron chi connectivity index (χ3n) is 3.33. The number of carbonyl (C=O) groups is 1. The number of benzene rings is 2. The molecule has 0 heterocycles. The first-order chi connectivity index (χ1) is 9.47. The summed E-state index contributed by atoms with van der Waals surface area (Å²) in [4.78, 5) is 12.2. The van der Waals surface area contributed by atoms with Gasteiger partial charge < -0.3 is 5.73 Å². The summed E-state index contributed by atoms with van der Waals surface area (Å²) in [5.41, 5.74) is 9.06. The van der Waals surface area contributed by atoms with Crippen molar-refractivity contribution in [1.29, 1.82) is 0 Å². The molecule has 0 spiro atoms. The van der Waals surface area contributed by atoms with E-state index in [-0.39, 0.29) is 5.78 Å². The highest BCUT2D eigenvalue weighted by Crippen LogP contribution is 2.20. The Morgan fingerprint density at radius 2 is 1.80 bits per heavy atom. The van der Waals surface area contributed by atoms with Gasteiger partial charge in [0.1, 0.15) is 0 Å². The molecule has 0 radical (unpaired) electrons. The van der Waals surface area contributed by atoms with Crippen molar-refractivity contribution in [2.24, 2.45) is 0 Å². The van der Waals surface area contributed by atoms with Crippen molar-refractivity contribution in [1.82, 2.24) is 0 Å². The summed E-state index contributed by atoms with van der Waals surface area (Å²) in [6.07, 6.45) is 0.351. The van der Waals surface area contributed by atoms with Crippen molar-refractivity contribution in [3.8, 4) is 0 Å². The SMILES string of the molecule is CC(C)c1ccc(CC(=O)c2ccc(Cl)cc2N)cc1. The fourth-order valence-corrected chi connectivity index (χ4v) is 2.27. The zero-order valence-corrected chi connectivity index (χ0v) is 12.4. The van der Waals surface area contributed by atoms with Gasteiger partial charge in [-0.15, -0.1) is 0 Å². The number of halogens is 1. The monoisotopic (exact) mass is 287 g/mol. The van der Waals surface area contributed by atoms with Gasteiger partial charge in [-0.05, 0) is 35.2 Å². The van der Waals surface area contributed by atoms with Gasteiger partial charge in [-0.1, -0.05) is 49.7 Å². The molecule has 0 bridgehead atoms. The number of nitrogen functional groups attached to an aromatic ring is 1. The summed E-state index contributed by atoms with van der Waals surface area (Å²) in [6.45, 7) is 4.29. The van der Waals surface area contributed by atoms with E-state index < -0.39 is 0 Å². The van der Waals surface area contributed by atoms with Crippen LogP contribution in [0.15, 0.2) is 42.5 Å². The number of hydrogen-bond acceptors (Lipinski definition) is 2. The molecule has 2 aromatic carbocycles. The van der Waals surface area contributed by atoms with Crippen molar-refractivity contribution in [2.45, 2.75) is 26.2 Å².